The molecule has 0 saturated carbocycles. The molecule has 0 fully saturated rings. The number of nitrogens with zero attached hydrogens (tertiary/aromatic N) is 4. The number of amides is 1. The van der Waals surface area contributed by atoms with Crippen molar-refractivity contribution >= 4 is 23.4 Å². The Balaban J connectivity index is 1.29. The van der Waals surface area contributed by atoms with Gasteiger partial charge in [0, 0.05) is 42.6 Å². The van der Waals surface area contributed by atoms with Gasteiger partial charge in [-0.2, -0.15) is 5.10 Å². The first-order valence-electron chi connectivity index (χ1n) is 9.31. The largest absolute Gasteiger partial charge is 0.329 e. The lowest BCUT2D eigenvalue weighted by atomic mass is 10.2. The van der Waals surface area contributed by atoms with Crippen molar-refractivity contribution in [1.29, 1.82) is 0 Å². The van der Waals surface area contributed by atoms with E-state index in [2.05, 4.69) is 15.4 Å². The molecule has 0 bridgehead atoms. The standard InChI is InChI=1S/C22H21N5OS/c1-26-14-13-23-22(26)29-20-10-8-18(9-11-20)25-21(28)12-7-17-15-24-27(16-17)19-5-3-2-4-6-19/h2-6,8-11,13-16H,7,12H2,1H3,(H,25,28). The van der Waals surface area contributed by atoms with E-state index in [0.29, 0.717) is 12.8 Å². The fourth-order valence-electron chi connectivity index (χ4n) is 2.85. The van der Waals surface area contributed by atoms with Gasteiger partial charge in [-0.3, -0.25) is 4.79 Å². The molecule has 1 N–H and O–H groups in total. The third-order valence-corrected chi connectivity index (χ3v) is 5.51. The predicted octanol–water partition coefficient (Wildman–Crippen LogP) is 4.33. The molecule has 2 aromatic carbocycles. The van der Waals surface area contributed by atoms with Crippen LogP contribution >= 0.6 is 11.8 Å². The van der Waals surface area contributed by atoms with Gasteiger partial charge in [0.2, 0.25) is 5.91 Å². The average molecular weight is 404 g/mol. The number of imidazole rings is 1. The molecular formula is C22H21N5OS. The number of nitrogens with one attached hydrogen (secondary N) is 1. The van der Waals surface area contributed by atoms with Crippen molar-refractivity contribution in [3.8, 4) is 5.69 Å². The van der Waals surface area contributed by atoms with Crippen LogP contribution in [0.4, 0.5) is 5.69 Å². The fourth-order valence-corrected chi connectivity index (χ4v) is 3.66. The highest BCUT2D eigenvalue weighted by Crippen LogP contribution is 2.26. The van der Waals surface area contributed by atoms with E-state index in [4.69, 9.17) is 0 Å². The van der Waals surface area contributed by atoms with Crippen molar-refractivity contribution in [3.63, 3.8) is 0 Å². The highest BCUT2D eigenvalue weighted by Gasteiger charge is 2.07. The minimum absolute atomic E-state index is 0.0121. The van der Waals surface area contributed by atoms with E-state index in [1.54, 1.807) is 18.0 Å². The molecule has 0 aliphatic heterocycles. The van der Waals surface area contributed by atoms with E-state index in [9.17, 15) is 4.79 Å². The number of hydrogen-bond acceptors (Lipinski definition) is 4. The van der Waals surface area contributed by atoms with Gasteiger partial charge < -0.3 is 9.88 Å². The minimum atomic E-state index is -0.0121. The van der Waals surface area contributed by atoms with Gasteiger partial charge in [0.1, 0.15) is 0 Å². The first-order chi connectivity index (χ1) is 14.2. The average Bonchev–Trinajstić information content (AvgIpc) is 3.38. The Bertz CT molecular complexity index is 1090. The molecule has 2 heterocycles. The van der Waals surface area contributed by atoms with Crippen LogP contribution in [-0.2, 0) is 18.3 Å². The summed E-state index contributed by atoms with van der Waals surface area (Å²) in [5, 5.41) is 8.25. The predicted molar refractivity (Wildman–Crippen MR) is 114 cm³/mol. The highest BCUT2D eigenvalue weighted by molar-refractivity contribution is 7.99. The lowest BCUT2D eigenvalue weighted by Crippen LogP contribution is -2.12. The summed E-state index contributed by atoms with van der Waals surface area (Å²) in [4.78, 5) is 17.7. The molecule has 4 rings (SSSR count). The minimum Gasteiger partial charge on any atom is -0.329 e. The Morgan fingerprint density at radius 2 is 1.90 bits per heavy atom. The molecule has 0 unspecified atom stereocenters. The van der Waals surface area contributed by atoms with Crippen LogP contribution in [0.1, 0.15) is 12.0 Å². The number of benzene rings is 2. The second-order valence-electron chi connectivity index (χ2n) is 6.62. The zero-order chi connectivity index (χ0) is 20.1. The summed E-state index contributed by atoms with van der Waals surface area (Å²) < 4.78 is 3.80. The van der Waals surface area contributed by atoms with Crippen molar-refractivity contribution < 1.29 is 4.79 Å². The summed E-state index contributed by atoms with van der Waals surface area (Å²) in [7, 11) is 1.97. The van der Waals surface area contributed by atoms with Crippen molar-refractivity contribution in [1.82, 2.24) is 19.3 Å². The molecule has 0 aliphatic carbocycles. The van der Waals surface area contributed by atoms with E-state index >= 15 is 0 Å². The quantitative estimate of drug-likeness (QED) is 0.499. The number of carbonyl (C=O) groups excluding carboxylic acids is 1. The summed E-state index contributed by atoms with van der Waals surface area (Å²) >= 11 is 1.59. The summed E-state index contributed by atoms with van der Waals surface area (Å²) in [5.41, 5.74) is 2.83. The Morgan fingerprint density at radius 3 is 2.62 bits per heavy atom. The van der Waals surface area contributed by atoms with Gasteiger partial charge >= 0.3 is 0 Å². The van der Waals surface area contributed by atoms with E-state index in [1.165, 1.54) is 0 Å². The third kappa shape index (κ3) is 4.94. The molecule has 7 heteroatoms. The molecule has 2 aromatic heterocycles. The molecule has 1 amide bonds. The maximum absolute atomic E-state index is 12.3. The molecular weight excluding hydrogens is 382 g/mol. The summed E-state index contributed by atoms with van der Waals surface area (Å²) in [6.07, 6.45) is 8.52. The van der Waals surface area contributed by atoms with Crippen molar-refractivity contribution in [3.05, 3.63) is 84.9 Å². The summed E-state index contributed by atoms with van der Waals surface area (Å²) in [6.45, 7) is 0. The topological polar surface area (TPSA) is 64.7 Å². The van der Waals surface area contributed by atoms with Gasteiger partial charge in [-0.05, 0) is 48.4 Å². The van der Waals surface area contributed by atoms with Crippen LogP contribution in [0.15, 0.2) is 89.4 Å². The Kier molecular flexibility index (Phi) is 5.76. The second-order valence-corrected chi connectivity index (χ2v) is 7.66. The maximum atomic E-state index is 12.3. The summed E-state index contributed by atoms with van der Waals surface area (Å²) in [5.74, 6) is -0.0121. The molecule has 6 nitrogen and oxygen atoms in total. The number of aryl methyl sites for hydroxylation is 2. The SMILES string of the molecule is Cn1ccnc1Sc1ccc(NC(=O)CCc2cnn(-c3ccccc3)c2)cc1. The molecule has 0 atom stereocenters. The van der Waals surface area contributed by atoms with Gasteiger partial charge in [0.25, 0.3) is 0 Å². The molecule has 146 valence electrons. The Labute approximate surface area is 173 Å². The zero-order valence-electron chi connectivity index (χ0n) is 16.0. The van der Waals surface area contributed by atoms with Crippen LogP contribution in [0.3, 0.4) is 0 Å². The lowest BCUT2D eigenvalue weighted by Gasteiger charge is -2.06. The summed E-state index contributed by atoms with van der Waals surface area (Å²) in [6, 6.07) is 17.7. The number of rotatable bonds is 7. The van der Waals surface area contributed by atoms with Gasteiger partial charge in [-0.25, -0.2) is 9.67 Å². The van der Waals surface area contributed by atoms with E-state index in [1.807, 2.05) is 89.5 Å². The number of anilines is 1. The zero-order valence-corrected chi connectivity index (χ0v) is 16.8. The first-order valence-corrected chi connectivity index (χ1v) is 10.1. The first kappa shape index (κ1) is 19.0. The van der Waals surface area contributed by atoms with Crippen LogP contribution in [-0.4, -0.2) is 25.2 Å². The Hall–Kier alpha value is -3.32. The molecule has 29 heavy (non-hydrogen) atoms. The number of para-hydroxylation sites is 1. The molecule has 0 spiro atoms. The fraction of sp³-hybridized carbons (Fsp3) is 0.136. The van der Waals surface area contributed by atoms with Crippen molar-refractivity contribution in [2.75, 3.05) is 5.32 Å². The normalized spacial score (nSPS) is 10.8. The van der Waals surface area contributed by atoms with E-state index < -0.39 is 0 Å². The van der Waals surface area contributed by atoms with E-state index in [-0.39, 0.29) is 5.91 Å². The maximum Gasteiger partial charge on any atom is 0.224 e. The third-order valence-electron chi connectivity index (χ3n) is 4.42. The molecule has 0 aliphatic rings. The van der Waals surface area contributed by atoms with E-state index in [0.717, 1.165) is 27.0 Å². The molecule has 0 radical (unpaired) electrons. The van der Waals surface area contributed by atoms with Crippen LogP contribution in [0, 0.1) is 0 Å². The lowest BCUT2D eigenvalue weighted by molar-refractivity contribution is -0.116. The second kappa shape index (κ2) is 8.79. The smallest absolute Gasteiger partial charge is 0.224 e. The highest BCUT2D eigenvalue weighted by atomic mass is 32.2. The number of hydrogen-bond donors (Lipinski definition) is 1. The monoisotopic (exact) mass is 403 g/mol. The number of aromatic nitrogens is 4. The van der Waals surface area contributed by atoms with Crippen molar-refractivity contribution in [2.45, 2.75) is 22.9 Å². The van der Waals surface area contributed by atoms with Crippen LogP contribution in [0.2, 0.25) is 0 Å². The van der Waals surface area contributed by atoms with Gasteiger partial charge in [-0.15, -0.1) is 0 Å². The van der Waals surface area contributed by atoms with Crippen LogP contribution in [0.5, 0.6) is 0 Å². The van der Waals surface area contributed by atoms with Crippen molar-refractivity contribution in [2.24, 2.45) is 7.05 Å². The van der Waals surface area contributed by atoms with Crippen LogP contribution in [0.25, 0.3) is 5.69 Å². The molecule has 0 saturated heterocycles. The van der Waals surface area contributed by atoms with Gasteiger partial charge in [-0.1, -0.05) is 30.0 Å². The van der Waals surface area contributed by atoms with Gasteiger partial charge in [0.15, 0.2) is 5.16 Å². The number of carbonyl (C=O) groups is 1. The van der Waals surface area contributed by atoms with Crippen LogP contribution < -0.4 is 5.32 Å². The Morgan fingerprint density at radius 1 is 1.10 bits per heavy atom. The molecule has 4 aromatic rings. The van der Waals surface area contributed by atoms with Gasteiger partial charge in [0.05, 0.1) is 11.9 Å².